The zero-order valence-corrected chi connectivity index (χ0v) is 27.6. The molecule has 0 atom stereocenters. The third-order valence-electron chi connectivity index (χ3n) is 7.41. The van der Waals surface area contributed by atoms with Crippen LogP contribution in [0.3, 0.4) is 0 Å². The summed E-state index contributed by atoms with van der Waals surface area (Å²) in [6.45, 7) is 11.4. The highest BCUT2D eigenvalue weighted by atomic mass is 16.6. The molecular weight excluding hydrogens is 612 g/mol. The molecule has 0 bridgehead atoms. The minimum absolute atomic E-state index is 0.188. The van der Waals surface area contributed by atoms with Gasteiger partial charge in [-0.15, -0.1) is 0 Å². The van der Waals surface area contributed by atoms with Crippen LogP contribution < -0.4 is 16.0 Å². The number of carbonyl (C=O) groups excluding carboxylic acids is 2. The lowest BCUT2D eigenvalue weighted by atomic mass is 10.1. The number of carbonyl (C=O) groups is 2. The number of rotatable bonds is 24. The first kappa shape index (κ1) is 36.4. The fourth-order valence-electron chi connectivity index (χ4n) is 4.84. The van der Waals surface area contributed by atoms with Gasteiger partial charge in [0.25, 0.3) is 5.91 Å². The summed E-state index contributed by atoms with van der Waals surface area (Å²) in [5.41, 5.74) is 6.67. The molecule has 0 saturated carbocycles. The highest BCUT2D eigenvalue weighted by molar-refractivity contribution is 6.26. The summed E-state index contributed by atoms with van der Waals surface area (Å²) >= 11 is 0. The number of fused-ring (bicyclic) bond motifs is 1. The third kappa shape index (κ3) is 12.0. The predicted molar refractivity (Wildman–Crippen MR) is 187 cm³/mol. The Morgan fingerprint density at radius 3 is 2.15 bits per heavy atom. The van der Waals surface area contributed by atoms with Gasteiger partial charge in [0, 0.05) is 41.7 Å². The lowest BCUT2D eigenvalue weighted by Gasteiger charge is -2.17. The summed E-state index contributed by atoms with van der Waals surface area (Å²) in [5.74, 6) is 0.350. The van der Waals surface area contributed by atoms with E-state index in [1.54, 1.807) is 6.20 Å². The molecule has 48 heavy (non-hydrogen) atoms. The summed E-state index contributed by atoms with van der Waals surface area (Å²) in [7, 11) is 0. The van der Waals surface area contributed by atoms with Gasteiger partial charge >= 0.3 is 0 Å². The number of aryl methyl sites for hydroxylation is 1. The summed E-state index contributed by atoms with van der Waals surface area (Å²) in [4.78, 5) is 28.3. The Hall–Kier alpha value is -4.39. The summed E-state index contributed by atoms with van der Waals surface area (Å²) in [5, 5.41) is 9.74. The van der Waals surface area contributed by atoms with Crippen molar-refractivity contribution in [1.82, 2.24) is 10.3 Å². The monoisotopic (exact) mass is 658 g/mol. The fraction of sp³-hybridized carbons (Fsp3) is 0.378. The molecule has 0 fully saturated rings. The minimum Gasteiger partial charge on any atom is -0.383 e. The molecule has 0 spiro atoms. The van der Waals surface area contributed by atoms with E-state index >= 15 is 0 Å². The molecule has 3 aromatic rings. The second kappa shape index (κ2) is 20.8. The average molecular weight is 659 g/mol. The van der Waals surface area contributed by atoms with Crippen molar-refractivity contribution in [2.45, 2.75) is 19.8 Å². The van der Waals surface area contributed by atoms with E-state index in [4.69, 9.17) is 23.7 Å². The molecule has 2 aromatic carbocycles. The number of para-hydroxylation sites is 1. The van der Waals surface area contributed by atoms with Crippen molar-refractivity contribution in [3.63, 3.8) is 0 Å². The Balaban J connectivity index is 1.16. The molecule has 1 aliphatic carbocycles. The lowest BCUT2D eigenvalue weighted by Crippen LogP contribution is -2.20. The van der Waals surface area contributed by atoms with Crippen LogP contribution in [0.1, 0.15) is 28.7 Å². The van der Waals surface area contributed by atoms with Gasteiger partial charge in [-0.1, -0.05) is 55.1 Å². The Morgan fingerprint density at radius 1 is 0.833 bits per heavy atom. The van der Waals surface area contributed by atoms with Crippen molar-refractivity contribution in [2.75, 3.05) is 83.2 Å². The van der Waals surface area contributed by atoms with Gasteiger partial charge in [-0.3, -0.25) is 4.79 Å². The molecule has 0 unspecified atom stereocenters. The molecule has 0 aliphatic heterocycles. The number of anilines is 3. The van der Waals surface area contributed by atoms with E-state index in [-0.39, 0.29) is 5.91 Å². The molecular formula is C37H46N4O7. The number of pyridine rings is 1. The van der Waals surface area contributed by atoms with E-state index in [1.165, 1.54) is 0 Å². The lowest BCUT2D eigenvalue weighted by molar-refractivity contribution is -0.111. The molecule has 11 heteroatoms. The van der Waals surface area contributed by atoms with Crippen molar-refractivity contribution in [3.05, 3.63) is 95.7 Å². The van der Waals surface area contributed by atoms with Gasteiger partial charge < -0.3 is 44.4 Å². The molecule has 1 aliphatic rings. The number of allylic oxidation sites excluding steroid dienone is 1. The van der Waals surface area contributed by atoms with Gasteiger partial charge in [0.05, 0.1) is 71.8 Å². The van der Waals surface area contributed by atoms with Crippen molar-refractivity contribution < 1.29 is 33.3 Å². The average Bonchev–Trinajstić information content (AvgIpc) is 3.54. The maximum atomic E-state index is 13.5. The Labute approximate surface area is 282 Å². The van der Waals surface area contributed by atoms with Crippen molar-refractivity contribution in [1.29, 1.82) is 0 Å². The van der Waals surface area contributed by atoms with E-state index in [0.29, 0.717) is 102 Å². The largest absolute Gasteiger partial charge is 0.383 e. The summed E-state index contributed by atoms with van der Waals surface area (Å²) < 4.78 is 27.3. The normalized spacial score (nSPS) is 11.9. The first-order valence-corrected chi connectivity index (χ1v) is 16.2. The van der Waals surface area contributed by atoms with Gasteiger partial charge in [0.1, 0.15) is 6.29 Å². The van der Waals surface area contributed by atoms with Crippen LogP contribution in [0.5, 0.6) is 0 Å². The van der Waals surface area contributed by atoms with E-state index in [1.807, 2.05) is 67.6 Å². The van der Waals surface area contributed by atoms with Crippen LogP contribution >= 0.6 is 0 Å². The van der Waals surface area contributed by atoms with Crippen molar-refractivity contribution in [2.24, 2.45) is 0 Å². The molecule has 4 rings (SSSR count). The number of amides is 1. The zero-order valence-electron chi connectivity index (χ0n) is 27.6. The van der Waals surface area contributed by atoms with Crippen LogP contribution in [0.25, 0.3) is 11.3 Å². The number of hydrogen-bond donors (Lipinski definition) is 3. The molecule has 11 nitrogen and oxygen atoms in total. The van der Waals surface area contributed by atoms with Gasteiger partial charge in [0.15, 0.2) is 5.82 Å². The molecule has 256 valence electrons. The van der Waals surface area contributed by atoms with Crippen molar-refractivity contribution >= 4 is 40.7 Å². The summed E-state index contributed by atoms with van der Waals surface area (Å²) in [6.07, 6.45) is 5.65. The van der Waals surface area contributed by atoms with E-state index < -0.39 is 0 Å². The minimum atomic E-state index is -0.188. The molecule has 0 saturated heterocycles. The highest BCUT2D eigenvalue weighted by Crippen LogP contribution is 2.31. The summed E-state index contributed by atoms with van der Waals surface area (Å²) in [6, 6.07) is 17.7. The molecule has 1 aromatic heterocycles. The van der Waals surface area contributed by atoms with Crippen LogP contribution in [-0.4, -0.2) is 89.8 Å². The maximum absolute atomic E-state index is 13.5. The first-order chi connectivity index (χ1) is 23.6. The van der Waals surface area contributed by atoms with Crippen LogP contribution in [0.15, 0.2) is 73.4 Å². The number of aromatic nitrogens is 1. The number of nitrogens with zero attached hydrogens (tertiary/aromatic N) is 1. The Bertz CT molecular complexity index is 1510. The number of ether oxygens (including phenoxy) is 5. The number of nitrogens with one attached hydrogen (secondary N) is 3. The molecule has 1 amide bonds. The molecule has 3 N–H and O–H groups in total. The zero-order chi connectivity index (χ0) is 33.8. The van der Waals surface area contributed by atoms with Gasteiger partial charge in [-0.25, -0.2) is 4.98 Å². The Kier molecular flexibility index (Phi) is 15.8. The standard InChI is InChI=1S/C37H46N4O7/c1-28-8-3-6-11-34(28)40-36-35(41-37(43)33-13-12-30-9-4-5-10-32(30)33)26-31(27-39-36)29(2)38-14-17-45-19-21-47-23-25-48-24-22-46-20-18-44-16-7-15-42/h3-6,8-11,13,15,26-27,38H,2,7,12,14,16-25H2,1H3,(H,39,40)(H,41,43). The van der Waals surface area contributed by atoms with E-state index in [0.717, 1.165) is 40.6 Å². The van der Waals surface area contributed by atoms with E-state index in [2.05, 4.69) is 27.5 Å². The van der Waals surface area contributed by atoms with Gasteiger partial charge in [-0.2, -0.15) is 0 Å². The molecule has 0 radical (unpaired) electrons. The van der Waals surface area contributed by atoms with Gasteiger partial charge in [0.2, 0.25) is 0 Å². The van der Waals surface area contributed by atoms with Crippen molar-refractivity contribution in [3.8, 4) is 0 Å². The Morgan fingerprint density at radius 2 is 1.46 bits per heavy atom. The quantitative estimate of drug-likeness (QED) is 0.0899. The number of hydrogen-bond acceptors (Lipinski definition) is 10. The van der Waals surface area contributed by atoms with Gasteiger partial charge in [-0.05, 0) is 42.2 Å². The first-order valence-electron chi connectivity index (χ1n) is 16.2. The highest BCUT2D eigenvalue weighted by Gasteiger charge is 2.21. The second-order valence-electron chi connectivity index (χ2n) is 10.9. The number of aldehydes is 1. The van der Waals surface area contributed by atoms with Crippen LogP contribution in [0.4, 0.5) is 17.2 Å². The maximum Gasteiger partial charge on any atom is 0.256 e. The van der Waals surface area contributed by atoms with Crippen LogP contribution in [-0.2, 0) is 39.7 Å². The topological polar surface area (TPSA) is 129 Å². The number of benzene rings is 2. The predicted octanol–water partition coefficient (Wildman–Crippen LogP) is 4.94. The fourth-order valence-corrected chi connectivity index (χ4v) is 4.84. The van der Waals surface area contributed by atoms with Crippen LogP contribution in [0, 0.1) is 6.92 Å². The second-order valence-corrected chi connectivity index (χ2v) is 10.9. The molecule has 1 heterocycles. The SMILES string of the molecule is C=C(NCCOCCOCCOCCOCCOCCC=O)c1cnc(Nc2ccccc2C)c(NC(=O)C2=CCc3ccccc32)c1. The third-order valence-corrected chi connectivity index (χ3v) is 7.41. The van der Waals surface area contributed by atoms with E-state index in [9.17, 15) is 9.59 Å². The van der Waals surface area contributed by atoms with Crippen LogP contribution in [0.2, 0.25) is 0 Å². The smallest absolute Gasteiger partial charge is 0.256 e.